The lowest BCUT2D eigenvalue weighted by Gasteiger charge is -2.37. The molecule has 1 aromatic rings. The molecule has 0 heterocycles. The number of aromatic hydroxyl groups is 1. The molecule has 3 N–H and O–H groups in total. The number of nitrogens with two attached hydrogens (primary N) is 1. The van der Waals surface area contributed by atoms with Crippen LogP contribution in [0.4, 0.5) is 0 Å². The summed E-state index contributed by atoms with van der Waals surface area (Å²) in [4.78, 5) is 2.24. The number of likely N-dealkylation sites (N-methyl/N-ethyl adjacent to an activating group) is 1. The minimum Gasteiger partial charge on any atom is -0.508 e. The molecular formula is C13H22N2O. The van der Waals surface area contributed by atoms with Gasteiger partial charge < -0.3 is 10.8 Å². The Bertz CT molecular complexity index is 334. The van der Waals surface area contributed by atoms with Crippen LogP contribution in [0.25, 0.3) is 0 Å². The first-order chi connectivity index (χ1) is 7.51. The van der Waals surface area contributed by atoms with Gasteiger partial charge in [0.15, 0.2) is 0 Å². The molecule has 0 radical (unpaired) electrons. The summed E-state index contributed by atoms with van der Waals surface area (Å²) in [6, 6.07) is 7.36. The second kappa shape index (κ2) is 5.32. The summed E-state index contributed by atoms with van der Waals surface area (Å²) in [6.07, 6.45) is 1.01. The molecule has 0 aromatic heterocycles. The standard InChI is InChI=1S/C13H22N2O/c1-4-13(2,10-14)15(3)9-11-6-5-7-12(16)8-11/h5-8,16H,4,9-10,14H2,1-3H3. The van der Waals surface area contributed by atoms with Gasteiger partial charge in [0.05, 0.1) is 0 Å². The van der Waals surface area contributed by atoms with E-state index in [9.17, 15) is 5.11 Å². The molecule has 0 aliphatic carbocycles. The monoisotopic (exact) mass is 222 g/mol. The van der Waals surface area contributed by atoms with E-state index in [-0.39, 0.29) is 5.54 Å². The molecular weight excluding hydrogens is 200 g/mol. The molecule has 0 saturated heterocycles. The molecule has 1 rings (SSSR count). The van der Waals surface area contributed by atoms with E-state index in [1.54, 1.807) is 12.1 Å². The average Bonchev–Trinajstić information content (AvgIpc) is 2.28. The zero-order valence-corrected chi connectivity index (χ0v) is 10.4. The molecule has 3 nitrogen and oxygen atoms in total. The van der Waals surface area contributed by atoms with Crippen LogP contribution in [0, 0.1) is 0 Å². The van der Waals surface area contributed by atoms with Crippen molar-refractivity contribution in [3.05, 3.63) is 29.8 Å². The Morgan fingerprint density at radius 1 is 1.44 bits per heavy atom. The van der Waals surface area contributed by atoms with Crippen LogP contribution in [-0.2, 0) is 6.54 Å². The van der Waals surface area contributed by atoms with E-state index < -0.39 is 0 Å². The number of phenols is 1. The van der Waals surface area contributed by atoms with E-state index in [1.165, 1.54) is 0 Å². The number of hydrogen-bond donors (Lipinski definition) is 2. The zero-order chi connectivity index (χ0) is 12.2. The van der Waals surface area contributed by atoms with Crippen LogP contribution in [-0.4, -0.2) is 29.1 Å². The molecule has 1 atom stereocenters. The summed E-state index contributed by atoms with van der Waals surface area (Å²) in [7, 11) is 2.07. The average molecular weight is 222 g/mol. The lowest BCUT2D eigenvalue weighted by molar-refractivity contribution is 0.131. The quantitative estimate of drug-likeness (QED) is 0.800. The van der Waals surface area contributed by atoms with Gasteiger partial charge in [-0.3, -0.25) is 4.90 Å². The Morgan fingerprint density at radius 3 is 2.62 bits per heavy atom. The molecule has 0 fully saturated rings. The number of benzene rings is 1. The van der Waals surface area contributed by atoms with Crippen molar-refractivity contribution in [3.63, 3.8) is 0 Å². The van der Waals surface area contributed by atoms with Gasteiger partial charge >= 0.3 is 0 Å². The van der Waals surface area contributed by atoms with Crippen LogP contribution >= 0.6 is 0 Å². The number of hydrogen-bond acceptors (Lipinski definition) is 3. The lowest BCUT2D eigenvalue weighted by atomic mass is 9.96. The Hall–Kier alpha value is -1.06. The Kier molecular flexibility index (Phi) is 4.33. The van der Waals surface area contributed by atoms with Crippen molar-refractivity contribution < 1.29 is 5.11 Å². The van der Waals surface area contributed by atoms with Crippen molar-refractivity contribution in [1.82, 2.24) is 4.90 Å². The second-order valence-corrected chi connectivity index (χ2v) is 4.58. The maximum Gasteiger partial charge on any atom is 0.115 e. The number of phenolic OH excluding ortho intramolecular Hbond substituents is 1. The highest BCUT2D eigenvalue weighted by atomic mass is 16.3. The van der Waals surface area contributed by atoms with Crippen LogP contribution < -0.4 is 5.73 Å². The molecule has 0 amide bonds. The van der Waals surface area contributed by atoms with E-state index in [0.717, 1.165) is 18.5 Å². The normalized spacial score (nSPS) is 15.1. The van der Waals surface area contributed by atoms with Crippen LogP contribution in [0.2, 0.25) is 0 Å². The smallest absolute Gasteiger partial charge is 0.115 e. The fourth-order valence-electron chi connectivity index (χ4n) is 1.69. The highest BCUT2D eigenvalue weighted by Crippen LogP contribution is 2.20. The third kappa shape index (κ3) is 2.97. The molecule has 1 aromatic carbocycles. The summed E-state index contributed by atoms with van der Waals surface area (Å²) in [5, 5.41) is 9.40. The van der Waals surface area contributed by atoms with Crippen molar-refractivity contribution in [1.29, 1.82) is 0 Å². The molecule has 1 unspecified atom stereocenters. The Morgan fingerprint density at radius 2 is 2.12 bits per heavy atom. The third-order valence-electron chi connectivity index (χ3n) is 3.45. The second-order valence-electron chi connectivity index (χ2n) is 4.58. The van der Waals surface area contributed by atoms with Gasteiger partial charge in [-0.25, -0.2) is 0 Å². The lowest BCUT2D eigenvalue weighted by Crippen LogP contribution is -2.48. The van der Waals surface area contributed by atoms with Crippen molar-refractivity contribution >= 4 is 0 Å². The Balaban J connectivity index is 2.74. The number of nitrogens with zero attached hydrogens (tertiary/aromatic N) is 1. The van der Waals surface area contributed by atoms with Gasteiger partial charge in [-0.15, -0.1) is 0 Å². The SMILES string of the molecule is CCC(C)(CN)N(C)Cc1cccc(O)c1. The van der Waals surface area contributed by atoms with E-state index in [0.29, 0.717) is 12.3 Å². The van der Waals surface area contributed by atoms with E-state index in [1.807, 2.05) is 12.1 Å². The molecule has 90 valence electrons. The van der Waals surface area contributed by atoms with Crippen molar-refractivity contribution in [2.45, 2.75) is 32.4 Å². The van der Waals surface area contributed by atoms with Crippen molar-refractivity contribution in [2.75, 3.05) is 13.6 Å². The first-order valence-electron chi connectivity index (χ1n) is 5.71. The van der Waals surface area contributed by atoms with E-state index in [4.69, 9.17) is 5.73 Å². The molecule has 0 spiro atoms. The predicted molar refractivity (Wildman–Crippen MR) is 67.3 cm³/mol. The van der Waals surface area contributed by atoms with Gasteiger partial charge in [0, 0.05) is 18.6 Å². The predicted octanol–water partition coefficient (Wildman–Crippen LogP) is 1.95. The molecule has 0 aliphatic heterocycles. The zero-order valence-electron chi connectivity index (χ0n) is 10.4. The van der Waals surface area contributed by atoms with Crippen molar-refractivity contribution in [2.24, 2.45) is 5.73 Å². The minimum atomic E-state index is 0.0193. The molecule has 16 heavy (non-hydrogen) atoms. The maximum absolute atomic E-state index is 9.40. The van der Waals surface area contributed by atoms with E-state index in [2.05, 4.69) is 25.8 Å². The van der Waals surface area contributed by atoms with Crippen LogP contribution in [0.15, 0.2) is 24.3 Å². The highest BCUT2D eigenvalue weighted by molar-refractivity contribution is 5.27. The maximum atomic E-state index is 9.40. The molecule has 0 aliphatic rings. The third-order valence-corrected chi connectivity index (χ3v) is 3.45. The summed E-state index contributed by atoms with van der Waals surface area (Å²) in [6.45, 7) is 5.75. The van der Waals surface area contributed by atoms with Crippen molar-refractivity contribution in [3.8, 4) is 5.75 Å². The van der Waals surface area contributed by atoms with Crippen LogP contribution in [0.5, 0.6) is 5.75 Å². The van der Waals surface area contributed by atoms with Gasteiger partial charge in [0.2, 0.25) is 0 Å². The van der Waals surface area contributed by atoms with E-state index >= 15 is 0 Å². The van der Waals surface area contributed by atoms with Gasteiger partial charge in [0.1, 0.15) is 5.75 Å². The first-order valence-corrected chi connectivity index (χ1v) is 5.71. The summed E-state index contributed by atoms with van der Waals surface area (Å²) in [5.41, 5.74) is 6.94. The number of rotatable bonds is 5. The van der Waals surface area contributed by atoms with Gasteiger partial charge in [0.25, 0.3) is 0 Å². The topological polar surface area (TPSA) is 49.5 Å². The fourth-order valence-corrected chi connectivity index (χ4v) is 1.69. The molecule has 0 saturated carbocycles. The Labute approximate surface area is 97.9 Å². The summed E-state index contributed by atoms with van der Waals surface area (Å²) < 4.78 is 0. The summed E-state index contributed by atoms with van der Waals surface area (Å²) in [5.74, 6) is 0.317. The van der Waals surface area contributed by atoms with Gasteiger partial charge in [-0.1, -0.05) is 19.1 Å². The van der Waals surface area contributed by atoms with Gasteiger partial charge in [-0.05, 0) is 38.1 Å². The fraction of sp³-hybridized carbons (Fsp3) is 0.538. The molecule has 0 bridgehead atoms. The van der Waals surface area contributed by atoms with Crippen LogP contribution in [0.1, 0.15) is 25.8 Å². The van der Waals surface area contributed by atoms with Crippen LogP contribution in [0.3, 0.4) is 0 Å². The summed E-state index contributed by atoms with van der Waals surface area (Å²) >= 11 is 0. The largest absolute Gasteiger partial charge is 0.508 e. The minimum absolute atomic E-state index is 0.0193. The highest BCUT2D eigenvalue weighted by Gasteiger charge is 2.25. The first kappa shape index (κ1) is 13.0. The molecule has 3 heteroatoms. The van der Waals surface area contributed by atoms with Gasteiger partial charge in [-0.2, -0.15) is 0 Å².